The summed E-state index contributed by atoms with van der Waals surface area (Å²) in [4.78, 5) is -0.0983. The third-order valence-corrected chi connectivity index (χ3v) is 4.11. The Morgan fingerprint density at radius 1 is 1.40 bits per heavy atom. The van der Waals surface area contributed by atoms with Gasteiger partial charge in [-0.25, -0.2) is 17.5 Å². The lowest BCUT2D eigenvalue weighted by Gasteiger charge is -2.07. The van der Waals surface area contributed by atoms with E-state index in [0.717, 1.165) is 18.2 Å². The maximum absolute atomic E-state index is 13.2. The molecule has 1 aromatic heterocycles. The SMILES string of the molecule is Cn1ccc(CNS(=O)(=O)c2ccc(F)c(CO)c2)n1. The zero-order valence-electron chi connectivity index (χ0n) is 10.7. The Morgan fingerprint density at radius 3 is 2.75 bits per heavy atom. The lowest BCUT2D eigenvalue weighted by molar-refractivity contribution is 0.275. The topological polar surface area (TPSA) is 84.2 Å². The van der Waals surface area contributed by atoms with Crippen molar-refractivity contribution >= 4 is 10.0 Å². The van der Waals surface area contributed by atoms with Crippen LogP contribution in [-0.4, -0.2) is 23.3 Å². The maximum atomic E-state index is 13.2. The molecule has 0 atom stereocenters. The molecule has 0 unspecified atom stereocenters. The highest BCUT2D eigenvalue weighted by molar-refractivity contribution is 7.89. The predicted octanol–water partition coefficient (Wildman–Crippen LogP) is 0.530. The molecule has 0 aliphatic rings. The zero-order valence-corrected chi connectivity index (χ0v) is 11.6. The Morgan fingerprint density at radius 2 is 2.15 bits per heavy atom. The lowest BCUT2D eigenvalue weighted by Crippen LogP contribution is -2.23. The van der Waals surface area contributed by atoms with Crippen LogP contribution in [0.4, 0.5) is 4.39 Å². The molecule has 0 amide bonds. The third-order valence-electron chi connectivity index (χ3n) is 2.71. The van der Waals surface area contributed by atoms with Crippen LogP contribution >= 0.6 is 0 Å². The summed E-state index contributed by atoms with van der Waals surface area (Å²) in [5.41, 5.74) is 0.506. The monoisotopic (exact) mass is 299 g/mol. The average Bonchev–Trinajstić information content (AvgIpc) is 2.83. The van der Waals surface area contributed by atoms with Gasteiger partial charge in [-0.3, -0.25) is 4.68 Å². The van der Waals surface area contributed by atoms with Crippen LogP contribution in [0.1, 0.15) is 11.3 Å². The molecule has 2 rings (SSSR count). The van der Waals surface area contributed by atoms with Crippen LogP contribution in [0.5, 0.6) is 0 Å². The number of hydrogen-bond donors (Lipinski definition) is 2. The van der Waals surface area contributed by atoms with Gasteiger partial charge in [-0.2, -0.15) is 5.10 Å². The molecular weight excluding hydrogens is 285 g/mol. The largest absolute Gasteiger partial charge is 0.392 e. The van der Waals surface area contributed by atoms with Crippen molar-refractivity contribution in [1.82, 2.24) is 14.5 Å². The van der Waals surface area contributed by atoms with E-state index in [4.69, 9.17) is 5.11 Å². The second-order valence-electron chi connectivity index (χ2n) is 4.22. The molecule has 6 nitrogen and oxygen atoms in total. The number of rotatable bonds is 5. The minimum Gasteiger partial charge on any atom is -0.392 e. The minimum atomic E-state index is -3.78. The first-order chi connectivity index (χ1) is 9.42. The molecule has 2 N–H and O–H groups in total. The van der Waals surface area contributed by atoms with Gasteiger partial charge in [0, 0.05) is 18.8 Å². The lowest BCUT2D eigenvalue weighted by atomic mass is 10.2. The Hall–Kier alpha value is -1.77. The predicted molar refractivity (Wildman–Crippen MR) is 69.6 cm³/mol. The van der Waals surface area contributed by atoms with Crippen molar-refractivity contribution in [3.8, 4) is 0 Å². The second-order valence-corrected chi connectivity index (χ2v) is 5.98. The van der Waals surface area contributed by atoms with Gasteiger partial charge < -0.3 is 5.11 Å². The highest BCUT2D eigenvalue weighted by Crippen LogP contribution is 2.15. The highest BCUT2D eigenvalue weighted by Gasteiger charge is 2.16. The maximum Gasteiger partial charge on any atom is 0.240 e. The van der Waals surface area contributed by atoms with E-state index in [1.807, 2.05) is 0 Å². The molecule has 0 bridgehead atoms. The van der Waals surface area contributed by atoms with Crippen LogP contribution in [0.25, 0.3) is 0 Å². The van der Waals surface area contributed by atoms with Crippen LogP contribution in [-0.2, 0) is 30.2 Å². The number of nitrogens with zero attached hydrogens (tertiary/aromatic N) is 2. The van der Waals surface area contributed by atoms with Crippen molar-refractivity contribution < 1.29 is 17.9 Å². The van der Waals surface area contributed by atoms with E-state index in [-0.39, 0.29) is 17.0 Å². The summed E-state index contributed by atoms with van der Waals surface area (Å²) in [5.74, 6) is -0.642. The first-order valence-electron chi connectivity index (χ1n) is 5.80. The molecule has 0 saturated carbocycles. The Bertz CT molecular complexity index is 712. The van der Waals surface area contributed by atoms with E-state index in [1.54, 1.807) is 24.0 Å². The summed E-state index contributed by atoms with van der Waals surface area (Å²) in [5, 5.41) is 13.0. The molecule has 2 aromatic rings. The van der Waals surface area contributed by atoms with Crippen molar-refractivity contribution in [1.29, 1.82) is 0 Å². The van der Waals surface area contributed by atoms with Gasteiger partial charge in [0.25, 0.3) is 0 Å². The Labute approximate surface area is 115 Å². The van der Waals surface area contributed by atoms with E-state index < -0.39 is 22.4 Å². The van der Waals surface area contributed by atoms with E-state index in [0.29, 0.717) is 5.69 Å². The molecule has 0 radical (unpaired) electrons. The summed E-state index contributed by atoms with van der Waals surface area (Å²) in [6.07, 6.45) is 1.70. The van der Waals surface area contributed by atoms with E-state index >= 15 is 0 Å². The van der Waals surface area contributed by atoms with Crippen LogP contribution in [0.2, 0.25) is 0 Å². The standard InChI is InChI=1S/C12H14FN3O3S/c1-16-5-4-10(15-16)7-14-20(18,19)11-2-3-12(13)9(6-11)8-17/h2-6,14,17H,7-8H2,1H3. The number of aromatic nitrogens is 2. The molecule has 0 aliphatic carbocycles. The molecule has 8 heteroatoms. The molecule has 1 heterocycles. The number of aliphatic hydroxyl groups is 1. The second kappa shape index (κ2) is 5.70. The van der Waals surface area contributed by atoms with Gasteiger partial charge in [0.1, 0.15) is 5.82 Å². The fourth-order valence-electron chi connectivity index (χ4n) is 1.65. The normalized spacial score (nSPS) is 11.8. The summed E-state index contributed by atoms with van der Waals surface area (Å²) >= 11 is 0. The fraction of sp³-hybridized carbons (Fsp3) is 0.250. The van der Waals surface area contributed by atoms with E-state index in [9.17, 15) is 12.8 Å². The average molecular weight is 299 g/mol. The summed E-state index contributed by atoms with van der Waals surface area (Å²) in [7, 11) is -2.05. The number of halogens is 1. The number of aryl methyl sites for hydroxylation is 1. The van der Waals surface area contributed by atoms with Gasteiger partial charge in [-0.15, -0.1) is 0 Å². The van der Waals surface area contributed by atoms with Gasteiger partial charge in [0.2, 0.25) is 10.0 Å². The quantitative estimate of drug-likeness (QED) is 0.843. The summed E-state index contributed by atoms with van der Waals surface area (Å²) in [6, 6.07) is 4.96. The molecule has 108 valence electrons. The molecule has 1 aromatic carbocycles. The van der Waals surface area contributed by atoms with Crippen molar-refractivity contribution in [2.45, 2.75) is 18.0 Å². The molecule has 0 fully saturated rings. The number of aliphatic hydroxyl groups excluding tert-OH is 1. The summed E-state index contributed by atoms with van der Waals surface area (Å²) in [6.45, 7) is -0.523. The third kappa shape index (κ3) is 3.21. The first-order valence-corrected chi connectivity index (χ1v) is 7.28. The zero-order chi connectivity index (χ0) is 14.8. The molecular formula is C12H14FN3O3S. The van der Waals surface area contributed by atoms with Crippen LogP contribution in [0.15, 0.2) is 35.4 Å². The van der Waals surface area contributed by atoms with Gasteiger partial charge in [0.15, 0.2) is 0 Å². The smallest absolute Gasteiger partial charge is 0.240 e. The van der Waals surface area contributed by atoms with Crippen molar-refractivity contribution in [2.24, 2.45) is 7.05 Å². The fourth-order valence-corrected chi connectivity index (χ4v) is 2.70. The van der Waals surface area contributed by atoms with Crippen molar-refractivity contribution in [3.63, 3.8) is 0 Å². The van der Waals surface area contributed by atoms with Gasteiger partial charge >= 0.3 is 0 Å². The van der Waals surface area contributed by atoms with Gasteiger partial charge in [-0.1, -0.05) is 0 Å². The molecule has 0 aliphatic heterocycles. The van der Waals surface area contributed by atoms with E-state index in [1.165, 1.54) is 0 Å². The van der Waals surface area contributed by atoms with Crippen molar-refractivity contribution in [3.05, 3.63) is 47.5 Å². The Balaban J connectivity index is 2.17. The minimum absolute atomic E-state index is 0.0367. The summed E-state index contributed by atoms with van der Waals surface area (Å²) < 4.78 is 41.2. The van der Waals surface area contributed by atoms with Gasteiger partial charge in [-0.05, 0) is 24.3 Å². The first kappa shape index (κ1) is 14.6. The van der Waals surface area contributed by atoms with E-state index in [2.05, 4.69) is 9.82 Å². The molecule has 0 saturated heterocycles. The Kier molecular flexibility index (Phi) is 4.17. The number of benzene rings is 1. The molecule has 0 spiro atoms. The van der Waals surface area contributed by atoms with Crippen LogP contribution < -0.4 is 4.72 Å². The number of hydrogen-bond acceptors (Lipinski definition) is 4. The van der Waals surface area contributed by atoms with Crippen LogP contribution in [0.3, 0.4) is 0 Å². The van der Waals surface area contributed by atoms with Crippen LogP contribution in [0, 0.1) is 5.82 Å². The van der Waals surface area contributed by atoms with Gasteiger partial charge in [0.05, 0.1) is 23.7 Å². The number of sulfonamides is 1. The number of nitrogens with one attached hydrogen (secondary N) is 1. The molecule has 20 heavy (non-hydrogen) atoms. The highest BCUT2D eigenvalue weighted by atomic mass is 32.2. The van der Waals surface area contributed by atoms with Crippen molar-refractivity contribution in [2.75, 3.05) is 0 Å².